The number of carbonyl (C=O) groups is 1. The first kappa shape index (κ1) is 12.0. The van der Waals surface area contributed by atoms with E-state index in [1.54, 1.807) is 13.0 Å². The Hall–Kier alpha value is -1.09. The van der Waals surface area contributed by atoms with Gasteiger partial charge in [0.25, 0.3) is 0 Å². The zero-order chi connectivity index (χ0) is 11.4. The number of halogens is 2. The lowest BCUT2D eigenvalue weighted by atomic mass is 10.0. The predicted octanol–water partition coefficient (Wildman–Crippen LogP) is 2.59. The number of hydrogen-bond donors (Lipinski definition) is 0. The van der Waals surface area contributed by atoms with Gasteiger partial charge in [-0.25, -0.2) is 4.39 Å². The Morgan fingerprint density at radius 1 is 1.53 bits per heavy atom. The molecule has 0 bridgehead atoms. The van der Waals surface area contributed by atoms with Crippen molar-refractivity contribution in [1.29, 1.82) is 0 Å². The number of hydrogen-bond acceptors (Lipinski definition) is 2. The molecule has 0 saturated heterocycles. The van der Waals surface area contributed by atoms with E-state index in [4.69, 9.17) is 11.6 Å². The van der Waals surface area contributed by atoms with E-state index in [2.05, 4.69) is 4.74 Å². The van der Waals surface area contributed by atoms with Gasteiger partial charge in [0.05, 0.1) is 13.5 Å². The molecule has 0 spiro atoms. The summed E-state index contributed by atoms with van der Waals surface area (Å²) in [6.45, 7) is 1.78. The first-order valence-electron chi connectivity index (χ1n) is 4.49. The van der Waals surface area contributed by atoms with Crippen LogP contribution in [0.5, 0.6) is 0 Å². The summed E-state index contributed by atoms with van der Waals surface area (Å²) >= 11 is 5.68. The Balaban J connectivity index is 3.09. The van der Waals surface area contributed by atoms with Gasteiger partial charge in [-0.1, -0.05) is 6.07 Å². The number of esters is 1. The Morgan fingerprint density at radius 2 is 2.20 bits per heavy atom. The first-order chi connectivity index (χ1) is 7.08. The van der Waals surface area contributed by atoms with E-state index in [1.165, 1.54) is 13.2 Å². The van der Waals surface area contributed by atoms with Gasteiger partial charge in [0.2, 0.25) is 0 Å². The van der Waals surface area contributed by atoms with Gasteiger partial charge < -0.3 is 4.74 Å². The van der Waals surface area contributed by atoms with Crippen LogP contribution in [-0.4, -0.2) is 13.1 Å². The number of benzene rings is 1. The molecule has 4 heteroatoms. The van der Waals surface area contributed by atoms with Gasteiger partial charge in [-0.15, -0.1) is 11.6 Å². The number of methoxy groups -OCH3 is 1. The highest BCUT2D eigenvalue weighted by Crippen LogP contribution is 2.19. The molecule has 82 valence electrons. The van der Waals surface area contributed by atoms with Gasteiger partial charge in [0.1, 0.15) is 5.82 Å². The van der Waals surface area contributed by atoms with Crippen molar-refractivity contribution in [2.75, 3.05) is 7.11 Å². The highest BCUT2D eigenvalue weighted by atomic mass is 35.5. The molecule has 0 aliphatic rings. The van der Waals surface area contributed by atoms with E-state index in [0.29, 0.717) is 11.1 Å². The second-order valence-electron chi connectivity index (χ2n) is 3.27. The van der Waals surface area contributed by atoms with Crippen molar-refractivity contribution in [3.05, 3.63) is 34.6 Å². The minimum absolute atomic E-state index is 0.0787. The largest absolute Gasteiger partial charge is 0.469 e. The molecule has 2 nitrogen and oxygen atoms in total. The summed E-state index contributed by atoms with van der Waals surface area (Å²) < 4.78 is 18.0. The highest BCUT2D eigenvalue weighted by molar-refractivity contribution is 6.17. The zero-order valence-electron chi connectivity index (χ0n) is 8.64. The number of carbonyl (C=O) groups excluding carboxylic acids is 1. The van der Waals surface area contributed by atoms with Gasteiger partial charge in [-0.05, 0) is 24.1 Å². The van der Waals surface area contributed by atoms with E-state index in [-0.39, 0.29) is 12.3 Å². The van der Waals surface area contributed by atoms with Crippen LogP contribution in [0, 0.1) is 12.7 Å². The maximum Gasteiger partial charge on any atom is 0.310 e. The van der Waals surface area contributed by atoms with Crippen molar-refractivity contribution in [2.24, 2.45) is 0 Å². The fraction of sp³-hybridized carbons (Fsp3) is 0.364. The molecule has 0 N–H and O–H groups in total. The molecule has 0 unspecified atom stereocenters. The van der Waals surface area contributed by atoms with Crippen LogP contribution in [0.1, 0.15) is 16.7 Å². The molecule has 0 amide bonds. The van der Waals surface area contributed by atoms with Crippen LogP contribution < -0.4 is 0 Å². The first-order valence-corrected chi connectivity index (χ1v) is 5.02. The normalized spacial score (nSPS) is 10.1. The molecule has 0 aliphatic carbocycles. The summed E-state index contributed by atoms with van der Waals surface area (Å²) in [4.78, 5) is 11.1. The molecule has 0 aliphatic heterocycles. The summed E-state index contributed by atoms with van der Waals surface area (Å²) in [7, 11) is 1.27. The monoisotopic (exact) mass is 230 g/mol. The molecule has 1 aromatic rings. The van der Waals surface area contributed by atoms with Crippen LogP contribution in [0.25, 0.3) is 0 Å². The molecule has 0 heterocycles. The fourth-order valence-corrected chi connectivity index (χ4v) is 1.62. The van der Waals surface area contributed by atoms with Gasteiger partial charge in [0.15, 0.2) is 0 Å². The Bertz CT molecular complexity index is 377. The molecule has 1 aromatic carbocycles. The van der Waals surface area contributed by atoms with Crippen LogP contribution in [-0.2, 0) is 21.8 Å². The number of alkyl halides is 1. The van der Waals surface area contributed by atoms with Crippen molar-refractivity contribution >= 4 is 17.6 Å². The van der Waals surface area contributed by atoms with Crippen LogP contribution in [0.2, 0.25) is 0 Å². The number of aryl methyl sites for hydroxylation is 1. The summed E-state index contributed by atoms with van der Waals surface area (Å²) in [6.07, 6.45) is -0.0787. The lowest BCUT2D eigenvalue weighted by Crippen LogP contribution is -2.09. The Morgan fingerprint density at radius 3 is 2.73 bits per heavy atom. The second-order valence-corrected chi connectivity index (χ2v) is 3.54. The van der Waals surface area contributed by atoms with E-state index in [1.807, 2.05) is 0 Å². The van der Waals surface area contributed by atoms with Crippen LogP contribution >= 0.6 is 11.6 Å². The maximum atomic E-state index is 13.5. The molecule has 0 radical (unpaired) electrons. The quantitative estimate of drug-likeness (QED) is 0.589. The van der Waals surface area contributed by atoms with Crippen LogP contribution in [0.4, 0.5) is 4.39 Å². The third kappa shape index (κ3) is 2.93. The Kier molecular flexibility index (Phi) is 4.09. The van der Waals surface area contributed by atoms with E-state index in [9.17, 15) is 9.18 Å². The van der Waals surface area contributed by atoms with Crippen molar-refractivity contribution in [3.63, 3.8) is 0 Å². The molecular formula is C11H12ClFO2. The highest BCUT2D eigenvalue weighted by Gasteiger charge is 2.13. The average Bonchev–Trinajstić information content (AvgIpc) is 2.21. The summed E-state index contributed by atoms with van der Waals surface area (Å²) in [6, 6.07) is 3.16. The maximum absolute atomic E-state index is 13.5. The second kappa shape index (κ2) is 5.12. The van der Waals surface area contributed by atoms with Crippen LogP contribution in [0.3, 0.4) is 0 Å². The summed E-state index contributed by atoms with van der Waals surface area (Å²) in [5, 5.41) is 0. The van der Waals surface area contributed by atoms with Gasteiger partial charge in [-0.3, -0.25) is 4.79 Å². The third-order valence-electron chi connectivity index (χ3n) is 2.12. The fourth-order valence-electron chi connectivity index (χ4n) is 1.38. The van der Waals surface area contributed by atoms with E-state index < -0.39 is 11.8 Å². The van der Waals surface area contributed by atoms with Gasteiger partial charge in [0, 0.05) is 11.4 Å². The lowest BCUT2D eigenvalue weighted by Gasteiger charge is -2.08. The molecule has 1 rings (SSSR count). The molecule has 0 atom stereocenters. The van der Waals surface area contributed by atoms with Gasteiger partial charge in [-0.2, -0.15) is 0 Å². The lowest BCUT2D eigenvalue weighted by molar-refractivity contribution is -0.139. The summed E-state index contributed by atoms with van der Waals surface area (Å²) in [5.74, 6) is -0.689. The van der Waals surface area contributed by atoms with Crippen molar-refractivity contribution < 1.29 is 13.9 Å². The summed E-state index contributed by atoms with van der Waals surface area (Å²) in [5.41, 5.74) is 1.75. The van der Waals surface area contributed by atoms with Gasteiger partial charge >= 0.3 is 5.97 Å². The topological polar surface area (TPSA) is 26.3 Å². The average molecular weight is 231 g/mol. The SMILES string of the molecule is COC(=O)Cc1c(F)cc(C)cc1CCl. The van der Waals surface area contributed by atoms with Crippen molar-refractivity contribution in [1.82, 2.24) is 0 Å². The smallest absolute Gasteiger partial charge is 0.310 e. The molecule has 0 aromatic heterocycles. The molecule has 0 saturated carbocycles. The molecular weight excluding hydrogens is 219 g/mol. The number of ether oxygens (including phenoxy) is 1. The minimum atomic E-state index is -0.468. The van der Waals surface area contributed by atoms with Crippen molar-refractivity contribution in [3.8, 4) is 0 Å². The molecule has 0 fully saturated rings. The molecule has 15 heavy (non-hydrogen) atoms. The van der Waals surface area contributed by atoms with Crippen molar-refractivity contribution in [2.45, 2.75) is 19.2 Å². The minimum Gasteiger partial charge on any atom is -0.469 e. The van der Waals surface area contributed by atoms with Crippen LogP contribution in [0.15, 0.2) is 12.1 Å². The Labute approximate surface area is 93.0 Å². The van der Waals surface area contributed by atoms with E-state index in [0.717, 1.165) is 5.56 Å². The standard InChI is InChI=1S/C11H12ClFO2/c1-7-3-8(6-12)9(10(13)4-7)5-11(14)15-2/h3-4H,5-6H2,1-2H3. The predicted molar refractivity (Wildman–Crippen MR) is 56.4 cm³/mol. The van der Waals surface area contributed by atoms with E-state index >= 15 is 0 Å². The number of rotatable bonds is 3. The third-order valence-corrected chi connectivity index (χ3v) is 2.41. The zero-order valence-corrected chi connectivity index (χ0v) is 9.40.